The molecular formula is C17H18F3NO4. The predicted octanol–water partition coefficient (Wildman–Crippen LogP) is 3.08. The van der Waals surface area contributed by atoms with Gasteiger partial charge in [0, 0.05) is 12.2 Å². The van der Waals surface area contributed by atoms with Crippen molar-refractivity contribution in [3.05, 3.63) is 41.4 Å². The number of rotatable bonds is 7. The lowest BCUT2D eigenvalue weighted by Crippen LogP contribution is -2.26. The van der Waals surface area contributed by atoms with Gasteiger partial charge in [-0.3, -0.25) is 0 Å². The molecule has 2 rings (SSSR count). The Labute approximate surface area is 143 Å². The summed E-state index contributed by atoms with van der Waals surface area (Å²) in [5, 5.41) is 0. The molecule has 0 bridgehead atoms. The first-order valence-corrected chi connectivity index (χ1v) is 7.88. The molecule has 8 heteroatoms. The molecule has 1 fully saturated rings. The van der Waals surface area contributed by atoms with Gasteiger partial charge in [-0.05, 0) is 38.8 Å². The van der Waals surface area contributed by atoms with E-state index in [1.165, 1.54) is 4.90 Å². The first-order valence-electron chi connectivity index (χ1n) is 7.88. The zero-order valence-electron chi connectivity index (χ0n) is 13.9. The number of hydrogen-bond donors (Lipinski definition) is 0. The Balaban J connectivity index is 2.46. The predicted molar refractivity (Wildman–Crippen MR) is 83.2 cm³/mol. The number of nitrogens with zero attached hydrogens (tertiary/aromatic N) is 1. The Bertz CT molecular complexity index is 681. The Morgan fingerprint density at radius 3 is 2.12 bits per heavy atom. The summed E-state index contributed by atoms with van der Waals surface area (Å²) >= 11 is 0. The highest BCUT2D eigenvalue weighted by atomic mass is 19.2. The van der Waals surface area contributed by atoms with Crippen molar-refractivity contribution in [2.75, 3.05) is 18.1 Å². The van der Waals surface area contributed by atoms with Crippen LogP contribution >= 0.6 is 0 Å². The van der Waals surface area contributed by atoms with E-state index in [0.29, 0.717) is 12.8 Å². The fourth-order valence-electron chi connectivity index (χ4n) is 2.18. The molecule has 25 heavy (non-hydrogen) atoms. The second-order valence-electron chi connectivity index (χ2n) is 5.32. The van der Waals surface area contributed by atoms with Crippen molar-refractivity contribution in [2.45, 2.75) is 32.7 Å². The number of esters is 2. The molecule has 1 saturated carbocycles. The van der Waals surface area contributed by atoms with Gasteiger partial charge in [0.05, 0.1) is 18.9 Å². The number of hydrogen-bond acceptors (Lipinski definition) is 5. The van der Waals surface area contributed by atoms with Crippen LogP contribution in [0.4, 0.5) is 18.9 Å². The van der Waals surface area contributed by atoms with E-state index < -0.39 is 35.0 Å². The third-order valence-electron chi connectivity index (χ3n) is 3.49. The minimum Gasteiger partial charge on any atom is -0.462 e. The van der Waals surface area contributed by atoms with Crippen LogP contribution in [0, 0.1) is 17.5 Å². The average molecular weight is 357 g/mol. The van der Waals surface area contributed by atoms with E-state index in [-0.39, 0.29) is 24.9 Å². The molecule has 1 aliphatic carbocycles. The highest BCUT2D eigenvalue weighted by Gasteiger charge is 2.33. The van der Waals surface area contributed by atoms with E-state index in [0.717, 1.165) is 18.3 Å². The molecule has 136 valence electrons. The lowest BCUT2D eigenvalue weighted by atomic mass is 10.2. The van der Waals surface area contributed by atoms with Crippen LogP contribution in [0.15, 0.2) is 23.9 Å². The Morgan fingerprint density at radius 2 is 1.64 bits per heavy atom. The highest BCUT2D eigenvalue weighted by molar-refractivity contribution is 6.14. The summed E-state index contributed by atoms with van der Waals surface area (Å²) in [5.41, 5.74) is -0.716. The lowest BCUT2D eigenvalue weighted by molar-refractivity contribution is -0.146. The van der Waals surface area contributed by atoms with E-state index in [1.54, 1.807) is 13.8 Å². The zero-order chi connectivity index (χ0) is 18.6. The summed E-state index contributed by atoms with van der Waals surface area (Å²) in [7, 11) is 0. The monoisotopic (exact) mass is 357 g/mol. The molecule has 0 saturated heterocycles. The van der Waals surface area contributed by atoms with Crippen molar-refractivity contribution in [2.24, 2.45) is 0 Å². The largest absolute Gasteiger partial charge is 0.462 e. The van der Waals surface area contributed by atoms with Crippen molar-refractivity contribution >= 4 is 17.6 Å². The summed E-state index contributed by atoms with van der Waals surface area (Å²) in [5.74, 6) is -6.21. The van der Waals surface area contributed by atoms with Gasteiger partial charge in [-0.15, -0.1) is 0 Å². The van der Waals surface area contributed by atoms with Gasteiger partial charge in [-0.25, -0.2) is 22.8 Å². The lowest BCUT2D eigenvalue weighted by Gasteiger charge is -2.22. The Kier molecular flexibility index (Phi) is 6.06. The average Bonchev–Trinajstić information content (AvgIpc) is 3.40. The molecule has 1 aromatic carbocycles. The minimum absolute atomic E-state index is 0.0263. The third-order valence-corrected chi connectivity index (χ3v) is 3.49. The maximum Gasteiger partial charge on any atom is 0.347 e. The highest BCUT2D eigenvalue weighted by Crippen LogP contribution is 2.35. The molecule has 1 aliphatic rings. The van der Waals surface area contributed by atoms with Crippen LogP contribution in [-0.2, 0) is 19.1 Å². The van der Waals surface area contributed by atoms with Gasteiger partial charge in [0.1, 0.15) is 0 Å². The Hall–Kier alpha value is -2.51. The first-order chi connectivity index (χ1) is 11.9. The second kappa shape index (κ2) is 8.04. The van der Waals surface area contributed by atoms with Crippen LogP contribution < -0.4 is 4.90 Å². The van der Waals surface area contributed by atoms with Gasteiger partial charge in [0.15, 0.2) is 23.0 Å². The van der Waals surface area contributed by atoms with Gasteiger partial charge in [-0.1, -0.05) is 0 Å². The molecule has 0 heterocycles. The second-order valence-corrected chi connectivity index (χ2v) is 5.32. The molecular weight excluding hydrogens is 339 g/mol. The number of ether oxygens (including phenoxy) is 2. The van der Waals surface area contributed by atoms with Crippen molar-refractivity contribution < 1.29 is 32.2 Å². The molecule has 0 N–H and O–H groups in total. The third kappa shape index (κ3) is 4.32. The summed E-state index contributed by atoms with van der Waals surface area (Å²) < 4.78 is 50.5. The van der Waals surface area contributed by atoms with E-state index >= 15 is 0 Å². The van der Waals surface area contributed by atoms with Crippen LogP contribution in [0.2, 0.25) is 0 Å². The van der Waals surface area contributed by atoms with Crippen LogP contribution in [0.5, 0.6) is 0 Å². The molecule has 0 spiro atoms. The summed E-state index contributed by atoms with van der Waals surface area (Å²) in [6.07, 6.45) is 2.37. The summed E-state index contributed by atoms with van der Waals surface area (Å²) in [4.78, 5) is 25.3. The normalized spacial score (nSPS) is 13.2. The zero-order valence-corrected chi connectivity index (χ0v) is 13.9. The Morgan fingerprint density at radius 1 is 1.08 bits per heavy atom. The number of benzene rings is 1. The molecule has 0 amide bonds. The molecule has 5 nitrogen and oxygen atoms in total. The van der Waals surface area contributed by atoms with Crippen molar-refractivity contribution in [1.82, 2.24) is 0 Å². The molecule has 0 radical (unpaired) electrons. The van der Waals surface area contributed by atoms with Crippen molar-refractivity contribution in [3.8, 4) is 0 Å². The van der Waals surface area contributed by atoms with Crippen LogP contribution in [0.1, 0.15) is 26.7 Å². The van der Waals surface area contributed by atoms with Gasteiger partial charge in [-0.2, -0.15) is 0 Å². The number of anilines is 1. The fraction of sp³-hybridized carbons (Fsp3) is 0.412. The van der Waals surface area contributed by atoms with E-state index in [1.807, 2.05) is 0 Å². The van der Waals surface area contributed by atoms with E-state index in [4.69, 9.17) is 9.47 Å². The van der Waals surface area contributed by atoms with Crippen LogP contribution in [0.3, 0.4) is 0 Å². The molecule has 0 aliphatic heterocycles. The maximum atomic E-state index is 14.1. The van der Waals surface area contributed by atoms with Gasteiger partial charge in [0.2, 0.25) is 0 Å². The fourth-order valence-corrected chi connectivity index (χ4v) is 2.18. The van der Waals surface area contributed by atoms with Gasteiger partial charge >= 0.3 is 11.9 Å². The maximum absolute atomic E-state index is 14.1. The SMILES string of the molecule is CCOC(=O)C(=CN(c1ccc(F)c(F)c1F)C1CC1)C(=O)OCC. The van der Waals surface area contributed by atoms with Crippen LogP contribution in [0.25, 0.3) is 0 Å². The van der Waals surface area contributed by atoms with Crippen molar-refractivity contribution in [3.63, 3.8) is 0 Å². The molecule has 1 aromatic rings. The van der Waals surface area contributed by atoms with E-state index in [2.05, 4.69) is 0 Å². The topological polar surface area (TPSA) is 55.8 Å². The molecule has 0 aromatic heterocycles. The van der Waals surface area contributed by atoms with E-state index in [9.17, 15) is 22.8 Å². The number of carbonyl (C=O) groups excluding carboxylic acids is 2. The molecule has 0 atom stereocenters. The smallest absolute Gasteiger partial charge is 0.347 e. The first kappa shape index (κ1) is 18.8. The number of halogens is 3. The summed E-state index contributed by atoms with van der Waals surface area (Å²) in [6.45, 7) is 3.18. The number of carbonyl (C=O) groups is 2. The van der Waals surface area contributed by atoms with Crippen LogP contribution in [-0.4, -0.2) is 31.2 Å². The van der Waals surface area contributed by atoms with Gasteiger partial charge in [0.25, 0.3) is 0 Å². The standard InChI is InChI=1S/C17H18F3NO4/c1-3-24-16(22)11(17(23)25-4-2)9-21(10-5-6-10)13-8-7-12(18)14(19)15(13)20/h7-10H,3-6H2,1-2H3. The quantitative estimate of drug-likeness (QED) is 0.247. The minimum atomic E-state index is -1.62. The summed E-state index contributed by atoms with van der Waals surface area (Å²) in [6, 6.07) is 1.60. The van der Waals surface area contributed by atoms with Gasteiger partial charge < -0.3 is 14.4 Å². The van der Waals surface area contributed by atoms with Crippen molar-refractivity contribution in [1.29, 1.82) is 0 Å². The molecule has 0 unspecified atom stereocenters.